The fourth-order valence-corrected chi connectivity index (χ4v) is 3.32. The van der Waals surface area contributed by atoms with Crippen molar-refractivity contribution in [3.63, 3.8) is 0 Å². The van der Waals surface area contributed by atoms with Crippen LogP contribution in [0, 0.1) is 0 Å². The molecule has 1 aliphatic carbocycles. The Morgan fingerprint density at radius 1 is 0.769 bits per heavy atom. The molecule has 0 saturated heterocycles. The normalized spacial score (nSPS) is 12.9. The summed E-state index contributed by atoms with van der Waals surface area (Å²) < 4.78 is 28.3. The fourth-order valence-electron chi connectivity index (χ4n) is 3.32. The maximum Gasteiger partial charge on any atom is 0.135 e. The van der Waals surface area contributed by atoms with Crippen molar-refractivity contribution in [2.75, 3.05) is 47.8 Å². The minimum atomic E-state index is 0.490. The van der Waals surface area contributed by atoms with Crippen molar-refractivity contribution in [3.8, 4) is 17.2 Å². The molecule has 5 nitrogen and oxygen atoms in total. The molecule has 2 aromatic rings. The van der Waals surface area contributed by atoms with Gasteiger partial charge in [-0.05, 0) is 18.9 Å². The van der Waals surface area contributed by atoms with Gasteiger partial charge in [0.15, 0.2) is 0 Å². The Morgan fingerprint density at radius 2 is 1.38 bits per heavy atom. The second-order valence-electron chi connectivity index (χ2n) is 6.06. The van der Waals surface area contributed by atoms with Crippen LogP contribution in [-0.4, -0.2) is 47.8 Å². The van der Waals surface area contributed by atoms with Gasteiger partial charge in [0.05, 0.1) is 25.7 Å². The highest BCUT2D eigenvalue weighted by atomic mass is 16.5. The molecule has 0 spiro atoms. The Bertz CT molecular complexity index is 782. The Balaban J connectivity index is 2.19. The van der Waals surface area contributed by atoms with Crippen molar-refractivity contribution >= 4 is 10.8 Å². The highest BCUT2D eigenvalue weighted by Gasteiger charge is 2.24. The summed E-state index contributed by atoms with van der Waals surface area (Å²) in [6.07, 6.45) is 5.99. The summed E-state index contributed by atoms with van der Waals surface area (Å²) in [4.78, 5) is 0. The summed E-state index contributed by atoms with van der Waals surface area (Å²) >= 11 is 0. The molecule has 5 heteroatoms. The van der Waals surface area contributed by atoms with E-state index in [9.17, 15) is 0 Å². The van der Waals surface area contributed by atoms with Gasteiger partial charge in [-0.25, -0.2) is 0 Å². The van der Waals surface area contributed by atoms with E-state index in [-0.39, 0.29) is 0 Å². The van der Waals surface area contributed by atoms with E-state index >= 15 is 0 Å². The van der Waals surface area contributed by atoms with Crippen molar-refractivity contribution in [2.24, 2.45) is 0 Å². The second kappa shape index (κ2) is 8.92. The van der Waals surface area contributed by atoms with Gasteiger partial charge in [-0.15, -0.1) is 0 Å². The molecule has 0 aromatic heterocycles. The van der Waals surface area contributed by atoms with Crippen LogP contribution in [0.2, 0.25) is 0 Å². The van der Waals surface area contributed by atoms with Gasteiger partial charge in [0.25, 0.3) is 0 Å². The van der Waals surface area contributed by atoms with Crippen LogP contribution < -0.4 is 14.2 Å². The van der Waals surface area contributed by atoms with Crippen LogP contribution in [0.3, 0.4) is 0 Å². The standard InChI is InChI=1S/C21H26O5/c1-22-11-13-25-20-15-7-4-5-8-16(15)21(26-14-12-23-2)19-17(20)9-6-10-18(19)24-3/h4-6,9-10H,7-8,11-14H2,1-3H3. The second-order valence-corrected chi connectivity index (χ2v) is 6.06. The SMILES string of the molecule is COCCOc1c2c(c(OCCOC)c3c(OC)cccc13)CC=CC2. The number of ether oxygens (including phenoxy) is 5. The molecule has 1 aliphatic rings. The van der Waals surface area contributed by atoms with Crippen molar-refractivity contribution in [2.45, 2.75) is 12.8 Å². The number of fused-ring (bicyclic) bond motifs is 2. The van der Waals surface area contributed by atoms with Gasteiger partial charge < -0.3 is 23.7 Å². The number of hydrogen-bond acceptors (Lipinski definition) is 5. The molecule has 0 heterocycles. The number of hydrogen-bond donors (Lipinski definition) is 0. The molecular weight excluding hydrogens is 332 g/mol. The molecule has 0 amide bonds. The first-order valence-electron chi connectivity index (χ1n) is 8.84. The van der Waals surface area contributed by atoms with Gasteiger partial charge in [0.1, 0.15) is 30.5 Å². The van der Waals surface area contributed by atoms with Crippen LogP contribution in [0.5, 0.6) is 17.2 Å². The largest absolute Gasteiger partial charge is 0.496 e. The van der Waals surface area contributed by atoms with Crippen LogP contribution in [0.4, 0.5) is 0 Å². The minimum Gasteiger partial charge on any atom is -0.496 e. The third kappa shape index (κ3) is 3.64. The van der Waals surface area contributed by atoms with Gasteiger partial charge in [0, 0.05) is 30.7 Å². The van der Waals surface area contributed by atoms with E-state index in [1.165, 1.54) is 5.56 Å². The highest BCUT2D eigenvalue weighted by Crippen LogP contribution is 2.46. The van der Waals surface area contributed by atoms with Crippen molar-refractivity contribution < 1.29 is 23.7 Å². The van der Waals surface area contributed by atoms with E-state index in [1.807, 2.05) is 12.1 Å². The van der Waals surface area contributed by atoms with Crippen LogP contribution in [0.25, 0.3) is 10.8 Å². The van der Waals surface area contributed by atoms with Gasteiger partial charge in [0.2, 0.25) is 0 Å². The molecule has 0 saturated carbocycles. The number of allylic oxidation sites excluding steroid dienone is 2. The Kier molecular flexibility index (Phi) is 6.36. The summed E-state index contributed by atoms with van der Waals surface area (Å²) in [5, 5.41) is 1.95. The van der Waals surface area contributed by atoms with Crippen LogP contribution in [0.1, 0.15) is 11.1 Å². The third-order valence-corrected chi connectivity index (χ3v) is 4.51. The highest BCUT2D eigenvalue weighted by molar-refractivity contribution is 6.00. The summed E-state index contributed by atoms with van der Waals surface area (Å²) in [6.45, 7) is 2.07. The van der Waals surface area contributed by atoms with Gasteiger partial charge in [-0.3, -0.25) is 0 Å². The molecule has 3 rings (SSSR count). The summed E-state index contributed by atoms with van der Waals surface area (Å²) in [5.41, 5.74) is 2.34. The van der Waals surface area contributed by atoms with Crippen molar-refractivity contribution in [1.82, 2.24) is 0 Å². The molecule has 140 valence electrons. The molecule has 0 N–H and O–H groups in total. The summed E-state index contributed by atoms with van der Waals surface area (Å²) in [6, 6.07) is 5.99. The molecule has 0 atom stereocenters. The maximum atomic E-state index is 6.16. The Labute approximate surface area is 154 Å². The monoisotopic (exact) mass is 358 g/mol. The first kappa shape index (κ1) is 18.5. The lowest BCUT2D eigenvalue weighted by atomic mass is 9.90. The minimum absolute atomic E-state index is 0.490. The van der Waals surface area contributed by atoms with E-state index in [0.29, 0.717) is 26.4 Å². The molecular formula is C21H26O5. The van der Waals surface area contributed by atoms with E-state index in [0.717, 1.165) is 46.4 Å². The quantitative estimate of drug-likeness (QED) is 0.507. The lowest BCUT2D eigenvalue weighted by Crippen LogP contribution is -2.12. The number of benzene rings is 2. The Morgan fingerprint density at radius 3 is 2.00 bits per heavy atom. The van der Waals surface area contributed by atoms with Gasteiger partial charge in [-0.1, -0.05) is 24.3 Å². The molecule has 0 fully saturated rings. The number of methoxy groups -OCH3 is 3. The molecule has 0 radical (unpaired) electrons. The molecule has 0 aliphatic heterocycles. The number of rotatable bonds is 9. The molecule has 26 heavy (non-hydrogen) atoms. The van der Waals surface area contributed by atoms with Crippen molar-refractivity contribution in [3.05, 3.63) is 41.5 Å². The maximum absolute atomic E-state index is 6.16. The van der Waals surface area contributed by atoms with E-state index in [1.54, 1.807) is 21.3 Å². The smallest absolute Gasteiger partial charge is 0.135 e. The zero-order chi connectivity index (χ0) is 18.4. The van der Waals surface area contributed by atoms with Crippen LogP contribution >= 0.6 is 0 Å². The topological polar surface area (TPSA) is 46.2 Å². The average Bonchev–Trinajstić information content (AvgIpc) is 2.69. The average molecular weight is 358 g/mol. The predicted octanol–water partition coefficient (Wildman–Crippen LogP) is 3.55. The zero-order valence-electron chi connectivity index (χ0n) is 15.7. The van der Waals surface area contributed by atoms with Crippen LogP contribution in [0.15, 0.2) is 30.4 Å². The van der Waals surface area contributed by atoms with Crippen molar-refractivity contribution in [1.29, 1.82) is 0 Å². The lowest BCUT2D eigenvalue weighted by molar-refractivity contribution is 0.144. The van der Waals surface area contributed by atoms with E-state index in [4.69, 9.17) is 23.7 Å². The molecule has 2 aromatic carbocycles. The summed E-state index contributed by atoms with van der Waals surface area (Å²) in [7, 11) is 5.03. The Hall–Kier alpha value is -2.24. The molecule has 0 unspecified atom stereocenters. The fraction of sp³-hybridized carbons (Fsp3) is 0.429. The zero-order valence-corrected chi connectivity index (χ0v) is 15.7. The van der Waals surface area contributed by atoms with E-state index < -0.39 is 0 Å². The molecule has 0 bridgehead atoms. The first-order chi connectivity index (χ1) is 12.8. The van der Waals surface area contributed by atoms with Crippen LogP contribution in [-0.2, 0) is 22.3 Å². The third-order valence-electron chi connectivity index (χ3n) is 4.51. The summed E-state index contributed by atoms with van der Waals surface area (Å²) in [5.74, 6) is 2.55. The van der Waals surface area contributed by atoms with Gasteiger partial charge >= 0.3 is 0 Å². The predicted molar refractivity (Wildman–Crippen MR) is 102 cm³/mol. The van der Waals surface area contributed by atoms with E-state index in [2.05, 4.69) is 18.2 Å². The van der Waals surface area contributed by atoms with Gasteiger partial charge in [-0.2, -0.15) is 0 Å². The first-order valence-corrected chi connectivity index (χ1v) is 8.84. The lowest BCUT2D eigenvalue weighted by Gasteiger charge is -2.24.